The van der Waals surface area contributed by atoms with E-state index in [4.69, 9.17) is 0 Å². The van der Waals surface area contributed by atoms with Crippen molar-refractivity contribution in [2.24, 2.45) is 0 Å². The van der Waals surface area contributed by atoms with E-state index in [1.165, 1.54) is 37.2 Å². The molecule has 1 aliphatic heterocycles. The molecule has 2 fully saturated rings. The van der Waals surface area contributed by atoms with Gasteiger partial charge in [-0.25, -0.2) is 10.0 Å². The van der Waals surface area contributed by atoms with Crippen LogP contribution in [-0.2, 0) is 0 Å². The van der Waals surface area contributed by atoms with E-state index >= 15 is 0 Å². The highest BCUT2D eigenvalue weighted by atomic mass is 32.3. The van der Waals surface area contributed by atoms with Crippen molar-refractivity contribution in [1.82, 2.24) is 0 Å². The molecule has 0 spiro atoms. The summed E-state index contributed by atoms with van der Waals surface area (Å²) in [5.41, 5.74) is 0.949. The third kappa shape index (κ3) is 2.05. The predicted molar refractivity (Wildman–Crippen MR) is 84.5 cm³/mol. The predicted octanol–water partition coefficient (Wildman–Crippen LogP) is 4.41. The molecule has 1 heterocycles. The van der Waals surface area contributed by atoms with Crippen LogP contribution in [0.5, 0.6) is 0 Å². The molecule has 1 saturated heterocycles. The van der Waals surface area contributed by atoms with Crippen LogP contribution in [0.4, 0.5) is 0 Å². The molecule has 0 N–H and O–H groups in total. The van der Waals surface area contributed by atoms with Crippen LogP contribution >= 0.6 is 10.0 Å². The Labute approximate surface area is 118 Å². The molecule has 1 nitrogen and oxygen atoms in total. The Morgan fingerprint density at radius 3 is 2.16 bits per heavy atom. The average molecular weight is 276 g/mol. The van der Waals surface area contributed by atoms with Crippen LogP contribution in [0.25, 0.3) is 0 Å². The summed E-state index contributed by atoms with van der Waals surface area (Å²) >= 11 is 0. The summed E-state index contributed by atoms with van der Waals surface area (Å²) in [5, 5.41) is 0. The van der Waals surface area contributed by atoms with Crippen LogP contribution in [0.3, 0.4) is 0 Å². The van der Waals surface area contributed by atoms with Crippen molar-refractivity contribution in [3.8, 4) is 0 Å². The summed E-state index contributed by atoms with van der Waals surface area (Å²) in [6, 6.07) is 10.0. The topological polar surface area (TPSA) is 17.1 Å². The molecule has 3 rings (SSSR count). The van der Waals surface area contributed by atoms with Gasteiger partial charge in [0.1, 0.15) is 0 Å². The molecule has 0 aromatic heterocycles. The number of hydrogen-bond donors (Lipinski definition) is 0. The van der Waals surface area contributed by atoms with Gasteiger partial charge in [0.05, 0.1) is 4.75 Å². The molecule has 104 valence electrons. The summed E-state index contributed by atoms with van der Waals surface area (Å²) < 4.78 is 0.0187. The first kappa shape index (κ1) is 13.2. The van der Waals surface area contributed by atoms with E-state index in [-0.39, 0.29) is 4.75 Å². The lowest BCUT2D eigenvalue weighted by atomic mass is 9.95. The third-order valence-corrected chi connectivity index (χ3v) is 10.1. The van der Waals surface area contributed by atoms with Crippen molar-refractivity contribution < 1.29 is 4.79 Å². The first-order valence-electron chi connectivity index (χ1n) is 7.51. The lowest BCUT2D eigenvalue weighted by Gasteiger charge is -2.48. The number of hydrogen-bond acceptors (Lipinski definition) is 1. The molecule has 1 saturated carbocycles. The monoisotopic (exact) mass is 276 g/mol. The van der Waals surface area contributed by atoms with Crippen LogP contribution < -0.4 is 0 Å². The van der Waals surface area contributed by atoms with Gasteiger partial charge in [0.2, 0.25) is 0 Å². The molecule has 0 amide bonds. The maximum absolute atomic E-state index is 13.2. The number of carbonyl (C=O) groups is 1. The number of carbonyl (C=O) groups excluding carboxylic acids is 1. The van der Waals surface area contributed by atoms with Gasteiger partial charge in [-0.2, -0.15) is 0 Å². The highest BCUT2D eigenvalue weighted by molar-refractivity contribution is 8.35. The van der Waals surface area contributed by atoms with Crippen molar-refractivity contribution in [3.63, 3.8) is 0 Å². The number of ketones is 1. The largest absolute Gasteiger partial charge is 0.293 e. The number of benzene rings is 1. The van der Waals surface area contributed by atoms with Crippen molar-refractivity contribution in [2.75, 3.05) is 17.8 Å². The molecule has 1 aliphatic carbocycles. The second kappa shape index (κ2) is 4.97. The Morgan fingerprint density at radius 2 is 1.58 bits per heavy atom. The molecule has 0 bridgehead atoms. The average Bonchev–Trinajstić information content (AvgIpc) is 3.09. The SMILES string of the molecule is CS1(C2(C(=O)c3ccccc3)CCCC2)CCCC1. The molecular weight excluding hydrogens is 252 g/mol. The summed E-state index contributed by atoms with van der Waals surface area (Å²) in [5.74, 6) is 3.11. The van der Waals surface area contributed by atoms with E-state index in [0.717, 1.165) is 18.4 Å². The molecule has 0 atom stereocenters. The van der Waals surface area contributed by atoms with Crippen molar-refractivity contribution >= 4 is 15.8 Å². The maximum Gasteiger partial charge on any atom is 0.177 e. The van der Waals surface area contributed by atoms with Crippen LogP contribution in [0.2, 0.25) is 0 Å². The molecule has 19 heavy (non-hydrogen) atoms. The standard InChI is InChI=1S/C17H24OS/c1-19(13-7-8-14-19)17(11-5-6-12-17)16(18)15-9-3-2-4-10-15/h2-4,9-10H,5-8,11-14H2,1H3. The lowest BCUT2D eigenvalue weighted by molar-refractivity contribution is 0.0943. The summed E-state index contributed by atoms with van der Waals surface area (Å²) in [4.78, 5) is 13.2. The molecule has 1 aromatic rings. The van der Waals surface area contributed by atoms with Gasteiger partial charge in [-0.05, 0) is 43.4 Å². The van der Waals surface area contributed by atoms with Gasteiger partial charge >= 0.3 is 0 Å². The second-order valence-corrected chi connectivity index (χ2v) is 10.4. The first-order valence-corrected chi connectivity index (χ1v) is 9.89. The van der Waals surface area contributed by atoms with Crippen LogP contribution in [0.1, 0.15) is 48.9 Å². The molecule has 0 radical (unpaired) electrons. The van der Waals surface area contributed by atoms with E-state index in [0.29, 0.717) is 5.78 Å². The van der Waals surface area contributed by atoms with Gasteiger partial charge in [-0.15, -0.1) is 0 Å². The van der Waals surface area contributed by atoms with Gasteiger partial charge in [0.15, 0.2) is 5.78 Å². The molecule has 2 aliphatic rings. The fourth-order valence-corrected chi connectivity index (χ4v) is 8.58. The van der Waals surface area contributed by atoms with Crippen LogP contribution in [0.15, 0.2) is 30.3 Å². The van der Waals surface area contributed by atoms with E-state index in [9.17, 15) is 4.79 Å². The molecular formula is C17H24OS. The molecule has 2 heteroatoms. The number of Topliss-reactive ketones (excluding diaryl/α,β-unsaturated/α-hetero) is 1. The van der Waals surface area contributed by atoms with Crippen molar-refractivity contribution in [1.29, 1.82) is 0 Å². The minimum atomic E-state index is -0.741. The Hall–Kier alpha value is -0.760. The van der Waals surface area contributed by atoms with E-state index in [1.54, 1.807) is 0 Å². The highest BCUT2D eigenvalue weighted by Gasteiger charge is 2.52. The zero-order valence-electron chi connectivity index (χ0n) is 11.9. The smallest absolute Gasteiger partial charge is 0.177 e. The Balaban J connectivity index is 1.99. The third-order valence-electron chi connectivity index (χ3n) is 5.24. The maximum atomic E-state index is 13.2. The van der Waals surface area contributed by atoms with Gasteiger partial charge in [0.25, 0.3) is 0 Å². The Kier molecular flexibility index (Phi) is 3.46. The fraction of sp³-hybridized carbons (Fsp3) is 0.588. The van der Waals surface area contributed by atoms with Crippen LogP contribution in [-0.4, -0.2) is 28.3 Å². The minimum Gasteiger partial charge on any atom is -0.293 e. The van der Waals surface area contributed by atoms with Gasteiger partial charge in [-0.1, -0.05) is 43.2 Å². The quantitative estimate of drug-likeness (QED) is 0.747. The van der Waals surface area contributed by atoms with E-state index < -0.39 is 10.0 Å². The van der Waals surface area contributed by atoms with Gasteiger partial charge < -0.3 is 0 Å². The highest BCUT2D eigenvalue weighted by Crippen LogP contribution is 2.67. The Bertz CT molecular complexity index is 453. The minimum absolute atomic E-state index is 0.0187. The molecule has 0 unspecified atom stereocenters. The van der Waals surface area contributed by atoms with Crippen molar-refractivity contribution in [3.05, 3.63) is 35.9 Å². The fourth-order valence-electron chi connectivity index (χ4n) is 4.08. The number of rotatable bonds is 3. The second-order valence-electron chi connectivity index (χ2n) is 6.29. The van der Waals surface area contributed by atoms with Crippen molar-refractivity contribution in [2.45, 2.75) is 43.3 Å². The summed E-state index contributed by atoms with van der Waals surface area (Å²) in [6.45, 7) is 0. The zero-order valence-corrected chi connectivity index (χ0v) is 12.7. The zero-order chi connectivity index (χ0) is 13.3. The van der Waals surface area contributed by atoms with Gasteiger partial charge in [-0.3, -0.25) is 4.79 Å². The normalized spacial score (nSPS) is 26.2. The summed E-state index contributed by atoms with van der Waals surface area (Å²) in [7, 11) is -0.741. The lowest BCUT2D eigenvalue weighted by Crippen LogP contribution is -2.41. The summed E-state index contributed by atoms with van der Waals surface area (Å²) in [6.07, 6.45) is 9.94. The van der Waals surface area contributed by atoms with Crippen LogP contribution in [0, 0.1) is 0 Å². The molecule has 1 aromatic carbocycles. The van der Waals surface area contributed by atoms with Gasteiger partial charge in [0, 0.05) is 5.56 Å². The van der Waals surface area contributed by atoms with E-state index in [1.807, 2.05) is 30.3 Å². The Morgan fingerprint density at radius 1 is 1.00 bits per heavy atom. The van der Waals surface area contributed by atoms with E-state index in [2.05, 4.69) is 6.26 Å². The first-order chi connectivity index (χ1) is 9.18.